The quantitative estimate of drug-likeness (QED) is 0.804. The number of nitrogens with zero attached hydrogens (tertiary/aromatic N) is 3. The molecule has 0 aliphatic carbocycles. The zero-order valence-electron chi connectivity index (χ0n) is 14.3. The Bertz CT molecular complexity index is 806. The first-order valence-electron chi connectivity index (χ1n) is 8.20. The molecule has 1 aromatic carbocycles. The molecule has 0 unspecified atom stereocenters. The van der Waals surface area contributed by atoms with E-state index in [4.69, 9.17) is 0 Å². The number of nitrogens with one attached hydrogen (secondary N) is 1. The van der Waals surface area contributed by atoms with Crippen LogP contribution in [0, 0.1) is 13.8 Å². The third kappa shape index (κ3) is 3.45. The maximum atomic E-state index is 12.2. The van der Waals surface area contributed by atoms with E-state index in [1.807, 2.05) is 24.6 Å². The summed E-state index contributed by atoms with van der Waals surface area (Å²) in [4.78, 5) is 37.5. The SMILES string of the molecule is Cc1cc(C)n(CCNC(=O)CCN2C(=O)c3ccccc3C2=O)n1. The molecule has 1 N–H and O–H groups in total. The van der Waals surface area contributed by atoms with Gasteiger partial charge in [-0.3, -0.25) is 24.0 Å². The molecule has 0 fully saturated rings. The summed E-state index contributed by atoms with van der Waals surface area (Å²) in [6.07, 6.45) is 0.0859. The monoisotopic (exact) mass is 340 g/mol. The van der Waals surface area contributed by atoms with Crippen LogP contribution in [0.3, 0.4) is 0 Å². The molecule has 0 atom stereocenters. The lowest BCUT2D eigenvalue weighted by Gasteiger charge is -2.13. The van der Waals surface area contributed by atoms with Crippen molar-refractivity contribution in [2.45, 2.75) is 26.8 Å². The Balaban J connectivity index is 1.48. The molecule has 0 saturated heterocycles. The molecule has 25 heavy (non-hydrogen) atoms. The first-order valence-corrected chi connectivity index (χ1v) is 8.20. The van der Waals surface area contributed by atoms with E-state index in [9.17, 15) is 14.4 Å². The van der Waals surface area contributed by atoms with E-state index in [0.29, 0.717) is 24.2 Å². The Labute approximate surface area is 145 Å². The highest BCUT2D eigenvalue weighted by molar-refractivity contribution is 6.21. The Hall–Kier alpha value is -2.96. The molecule has 2 aromatic rings. The van der Waals surface area contributed by atoms with Crippen molar-refractivity contribution in [2.24, 2.45) is 0 Å². The number of carbonyl (C=O) groups is 3. The van der Waals surface area contributed by atoms with Crippen LogP contribution in [0.5, 0.6) is 0 Å². The maximum Gasteiger partial charge on any atom is 0.261 e. The van der Waals surface area contributed by atoms with Crippen molar-refractivity contribution in [1.82, 2.24) is 20.0 Å². The van der Waals surface area contributed by atoms with Gasteiger partial charge in [-0.2, -0.15) is 5.10 Å². The van der Waals surface area contributed by atoms with Crippen LogP contribution in [0.1, 0.15) is 38.5 Å². The maximum absolute atomic E-state index is 12.2. The fourth-order valence-corrected chi connectivity index (χ4v) is 2.95. The standard InChI is InChI=1S/C18H20N4O3/c1-12-11-13(2)22(20-12)10-8-19-16(23)7-9-21-17(24)14-5-3-4-6-15(14)18(21)25/h3-6,11H,7-10H2,1-2H3,(H,19,23). The molecule has 0 radical (unpaired) electrons. The molecule has 2 heterocycles. The van der Waals surface area contributed by atoms with Crippen LogP contribution in [0.25, 0.3) is 0 Å². The second-order valence-electron chi connectivity index (χ2n) is 6.06. The van der Waals surface area contributed by atoms with Gasteiger partial charge in [0.2, 0.25) is 5.91 Å². The van der Waals surface area contributed by atoms with Crippen molar-refractivity contribution in [1.29, 1.82) is 0 Å². The molecule has 1 aliphatic rings. The number of imide groups is 1. The van der Waals surface area contributed by atoms with E-state index >= 15 is 0 Å². The summed E-state index contributed by atoms with van der Waals surface area (Å²) in [5, 5.41) is 7.12. The molecule has 0 bridgehead atoms. The number of rotatable bonds is 6. The van der Waals surface area contributed by atoms with Crippen LogP contribution in [-0.2, 0) is 11.3 Å². The predicted molar refractivity (Wildman–Crippen MR) is 91.1 cm³/mol. The van der Waals surface area contributed by atoms with Crippen LogP contribution in [-0.4, -0.2) is 45.5 Å². The van der Waals surface area contributed by atoms with E-state index in [0.717, 1.165) is 16.3 Å². The van der Waals surface area contributed by atoms with E-state index in [1.54, 1.807) is 24.3 Å². The van der Waals surface area contributed by atoms with E-state index in [1.165, 1.54) is 0 Å². The Morgan fingerprint density at radius 2 is 1.72 bits per heavy atom. The van der Waals surface area contributed by atoms with Gasteiger partial charge < -0.3 is 5.32 Å². The van der Waals surface area contributed by atoms with Crippen molar-refractivity contribution in [3.63, 3.8) is 0 Å². The van der Waals surface area contributed by atoms with Gasteiger partial charge in [0.15, 0.2) is 0 Å². The fraction of sp³-hybridized carbons (Fsp3) is 0.333. The van der Waals surface area contributed by atoms with Gasteiger partial charge in [-0.05, 0) is 32.0 Å². The lowest BCUT2D eigenvalue weighted by molar-refractivity contribution is -0.121. The van der Waals surface area contributed by atoms with Gasteiger partial charge in [-0.1, -0.05) is 12.1 Å². The molecule has 3 rings (SSSR count). The van der Waals surface area contributed by atoms with Crippen LogP contribution >= 0.6 is 0 Å². The number of fused-ring (bicyclic) bond motifs is 1. The first-order chi connectivity index (χ1) is 12.0. The van der Waals surface area contributed by atoms with Gasteiger partial charge in [-0.15, -0.1) is 0 Å². The predicted octanol–water partition coefficient (Wildman–Crippen LogP) is 1.30. The van der Waals surface area contributed by atoms with Crippen molar-refractivity contribution < 1.29 is 14.4 Å². The molecule has 1 aromatic heterocycles. The van der Waals surface area contributed by atoms with Gasteiger partial charge >= 0.3 is 0 Å². The van der Waals surface area contributed by atoms with Crippen molar-refractivity contribution >= 4 is 17.7 Å². The number of benzene rings is 1. The van der Waals surface area contributed by atoms with Gasteiger partial charge in [0.25, 0.3) is 11.8 Å². The third-order valence-electron chi connectivity index (χ3n) is 4.19. The van der Waals surface area contributed by atoms with E-state index in [-0.39, 0.29) is 30.7 Å². The van der Waals surface area contributed by atoms with Crippen LogP contribution < -0.4 is 5.32 Å². The number of hydrogen-bond donors (Lipinski definition) is 1. The molecule has 1 aliphatic heterocycles. The zero-order valence-corrected chi connectivity index (χ0v) is 14.3. The Kier molecular flexibility index (Phi) is 4.65. The number of amides is 3. The number of hydrogen-bond acceptors (Lipinski definition) is 4. The minimum atomic E-state index is -0.337. The highest BCUT2D eigenvalue weighted by atomic mass is 16.2. The molecule has 0 spiro atoms. The van der Waals surface area contributed by atoms with E-state index < -0.39 is 0 Å². The lowest BCUT2D eigenvalue weighted by Crippen LogP contribution is -2.35. The van der Waals surface area contributed by atoms with Crippen molar-refractivity contribution in [2.75, 3.05) is 13.1 Å². The highest BCUT2D eigenvalue weighted by Crippen LogP contribution is 2.22. The Morgan fingerprint density at radius 1 is 1.08 bits per heavy atom. The third-order valence-corrected chi connectivity index (χ3v) is 4.19. The molecule has 7 nitrogen and oxygen atoms in total. The summed E-state index contributed by atoms with van der Waals surface area (Å²) >= 11 is 0. The summed E-state index contributed by atoms with van der Waals surface area (Å²) in [7, 11) is 0. The first kappa shape index (κ1) is 16.9. The average molecular weight is 340 g/mol. The molecular weight excluding hydrogens is 320 g/mol. The second-order valence-corrected chi connectivity index (χ2v) is 6.06. The van der Waals surface area contributed by atoms with Crippen LogP contribution in [0.2, 0.25) is 0 Å². The van der Waals surface area contributed by atoms with Gasteiger partial charge in [0, 0.05) is 25.2 Å². The van der Waals surface area contributed by atoms with Gasteiger partial charge in [0.05, 0.1) is 23.4 Å². The molecule has 7 heteroatoms. The average Bonchev–Trinajstić information content (AvgIpc) is 3.03. The lowest BCUT2D eigenvalue weighted by atomic mass is 10.1. The topological polar surface area (TPSA) is 84.3 Å². The minimum Gasteiger partial charge on any atom is -0.354 e. The van der Waals surface area contributed by atoms with Gasteiger partial charge in [0.1, 0.15) is 0 Å². The summed E-state index contributed by atoms with van der Waals surface area (Å²) < 4.78 is 1.83. The largest absolute Gasteiger partial charge is 0.354 e. The second kappa shape index (κ2) is 6.88. The number of carbonyl (C=O) groups excluding carboxylic acids is 3. The summed E-state index contributed by atoms with van der Waals surface area (Å²) in [5.74, 6) is -0.870. The summed E-state index contributed by atoms with van der Waals surface area (Å²) in [5.41, 5.74) is 2.78. The molecule has 130 valence electrons. The van der Waals surface area contributed by atoms with Crippen LogP contribution in [0.4, 0.5) is 0 Å². The highest BCUT2D eigenvalue weighted by Gasteiger charge is 2.34. The van der Waals surface area contributed by atoms with Crippen molar-refractivity contribution in [3.05, 3.63) is 52.8 Å². The zero-order chi connectivity index (χ0) is 18.0. The smallest absolute Gasteiger partial charge is 0.261 e. The fourth-order valence-electron chi connectivity index (χ4n) is 2.95. The summed E-state index contributed by atoms with van der Waals surface area (Å²) in [6, 6.07) is 8.68. The van der Waals surface area contributed by atoms with Crippen LogP contribution in [0.15, 0.2) is 30.3 Å². The molecule has 3 amide bonds. The van der Waals surface area contributed by atoms with Crippen molar-refractivity contribution in [3.8, 4) is 0 Å². The number of aromatic nitrogens is 2. The minimum absolute atomic E-state index is 0.0814. The molecule has 0 saturated carbocycles. The van der Waals surface area contributed by atoms with E-state index in [2.05, 4.69) is 10.4 Å². The Morgan fingerprint density at radius 3 is 2.28 bits per heavy atom. The number of aryl methyl sites for hydroxylation is 2. The van der Waals surface area contributed by atoms with Gasteiger partial charge in [-0.25, -0.2) is 0 Å². The normalized spacial score (nSPS) is 13.3. The molecular formula is C18H20N4O3. The summed E-state index contributed by atoms with van der Waals surface area (Å²) in [6.45, 7) is 4.99.